The lowest BCUT2D eigenvalue weighted by Gasteiger charge is -2.32. The van der Waals surface area contributed by atoms with E-state index in [0.717, 1.165) is 18.5 Å². The second-order valence-corrected chi connectivity index (χ2v) is 7.95. The van der Waals surface area contributed by atoms with Crippen LogP contribution in [0.2, 0.25) is 0 Å². The third-order valence-electron chi connectivity index (χ3n) is 4.01. The summed E-state index contributed by atoms with van der Waals surface area (Å²) in [6.07, 6.45) is 5.55. The molecule has 2 nitrogen and oxygen atoms in total. The van der Waals surface area contributed by atoms with E-state index in [4.69, 9.17) is 0 Å². The average Bonchev–Trinajstić information content (AvgIpc) is 3.12. The molecule has 0 unspecified atom stereocenters. The minimum absolute atomic E-state index is 0. The van der Waals surface area contributed by atoms with Gasteiger partial charge >= 0.3 is 0 Å². The minimum atomic E-state index is 0. The number of nitrogens with one attached hydrogen (secondary N) is 1. The summed E-state index contributed by atoms with van der Waals surface area (Å²) >= 11 is 5.33. The van der Waals surface area contributed by atoms with Crippen molar-refractivity contribution in [2.75, 3.05) is 19.6 Å². The van der Waals surface area contributed by atoms with Crippen molar-refractivity contribution in [3.63, 3.8) is 0 Å². The smallest absolute Gasteiger partial charge is 0.0701 e. The van der Waals surface area contributed by atoms with E-state index >= 15 is 0 Å². The number of halogens is 2. The number of hydrogen-bond donors (Lipinski definition) is 1. The first-order valence-corrected chi connectivity index (χ1v) is 8.65. The third kappa shape index (κ3) is 5.01. The molecule has 0 amide bonds. The normalized spacial score (nSPS) is 21.3. The highest BCUT2D eigenvalue weighted by Gasteiger charge is 2.24. The molecule has 0 aromatic carbocycles. The Morgan fingerprint density at radius 2 is 2.00 bits per heavy atom. The van der Waals surface area contributed by atoms with Crippen LogP contribution in [0.1, 0.15) is 31.2 Å². The molecule has 0 bridgehead atoms. The van der Waals surface area contributed by atoms with Crippen molar-refractivity contribution in [2.45, 2.75) is 38.3 Å². The van der Waals surface area contributed by atoms with Gasteiger partial charge in [-0.2, -0.15) is 0 Å². The molecule has 2 heterocycles. The van der Waals surface area contributed by atoms with Crippen LogP contribution in [-0.2, 0) is 6.54 Å². The van der Waals surface area contributed by atoms with Crippen LogP contribution in [0.3, 0.4) is 0 Å². The van der Waals surface area contributed by atoms with Crippen molar-refractivity contribution >= 4 is 39.7 Å². The van der Waals surface area contributed by atoms with Crippen LogP contribution < -0.4 is 5.32 Å². The molecule has 1 aliphatic carbocycles. The van der Waals surface area contributed by atoms with Crippen molar-refractivity contribution in [2.24, 2.45) is 5.92 Å². The molecule has 19 heavy (non-hydrogen) atoms. The van der Waals surface area contributed by atoms with Gasteiger partial charge in [0.25, 0.3) is 0 Å². The minimum Gasteiger partial charge on any atom is -0.314 e. The fraction of sp³-hybridized carbons (Fsp3) is 0.714. The molecule has 1 aliphatic heterocycles. The second kappa shape index (κ2) is 7.41. The Hall–Kier alpha value is 0.390. The first kappa shape index (κ1) is 15.8. The average molecular weight is 366 g/mol. The van der Waals surface area contributed by atoms with Crippen LogP contribution in [0, 0.1) is 5.92 Å². The molecule has 1 N–H and O–H groups in total. The summed E-state index contributed by atoms with van der Waals surface area (Å²) in [7, 11) is 0. The topological polar surface area (TPSA) is 15.3 Å². The Bertz CT molecular complexity index is 387. The lowest BCUT2D eigenvalue weighted by molar-refractivity contribution is 0.190. The van der Waals surface area contributed by atoms with Gasteiger partial charge in [-0.05, 0) is 84.2 Å². The van der Waals surface area contributed by atoms with Crippen LogP contribution >= 0.6 is 39.7 Å². The Balaban J connectivity index is 0.00000133. The van der Waals surface area contributed by atoms with Crippen LogP contribution in [0.5, 0.6) is 0 Å². The van der Waals surface area contributed by atoms with Gasteiger partial charge < -0.3 is 5.32 Å². The van der Waals surface area contributed by atoms with E-state index in [-0.39, 0.29) is 12.4 Å². The van der Waals surface area contributed by atoms with Gasteiger partial charge in [-0.25, -0.2) is 0 Å². The highest BCUT2D eigenvalue weighted by molar-refractivity contribution is 9.11. The molecule has 2 aliphatic rings. The zero-order valence-corrected chi connectivity index (χ0v) is 14.3. The van der Waals surface area contributed by atoms with Crippen LogP contribution in [0.25, 0.3) is 0 Å². The molecule has 3 rings (SSSR count). The van der Waals surface area contributed by atoms with Gasteiger partial charge in [0.2, 0.25) is 0 Å². The number of rotatable bonds is 5. The van der Waals surface area contributed by atoms with Crippen molar-refractivity contribution in [3.8, 4) is 0 Å². The van der Waals surface area contributed by atoms with E-state index in [1.807, 2.05) is 0 Å². The molecule has 1 aromatic heterocycles. The number of likely N-dealkylation sites (tertiary alicyclic amines) is 1. The van der Waals surface area contributed by atoms with E-state index in [0.29, 0.717) is 0 Å². The molecule has 1 aromatic rings. The maximum atomic E-state index is 3.74. The second-order valence-electron chi connectivity index (χ2n) is 5.66. The lowest BCUT2D eigenvalue weighted by Crippen LogP contribution is -2.42. The zero-order valence-electron chi connectivity index (χ0n) is 11.1. The maximum Gasteiger partial charge on any atom is 0.0701 e. The van der Waals surface area contributed by atoms with E-state index in [1.54, 1.807) is 11.3 Å². The van der Waals surface area contributed by atoms with Crippen LogP contribution in [-0.4, -0.2) is 30.6 Å². The summed E-state index contributed by atoms with van der Waals surface area (Å²) in [5.41, 5.74) is 1.45. The molecule has 0 spiro atoms. The lowest BCUT2D eigenvalue weighted by atomic mass is 10.0. The highest BCUT2D eigenvalue weighted by Crippen LogP contribution is 2.28. The molecule has 1 saturated carbocycles. The van der Waals surface area contributed by atoms with Crippen LogP contribution in [0.15, 0.2) is 15.2 Å². The van der Waals surface area contributed by atoms with Gasteiger partial charge in [0.1, 0.15) is 0 Å². The number of thiophene rings is 1. The first-order valence-electron chi connectivity index (χ1n) is 6.98. The predicted octanol–water partition coefficient (Wildman–Crippen LogP) is 3.90. The van der Waals surface area contributed by atoms with Crippen molar-refractivity contribution < 1.29 is 0 Å². The Morgan fingerprint density at radius 3 is 2.58 bits per heavy atom. The molecular weight excluding hydrogens is 344 g/mol. The van der Waals surface area contributed by atoms with E-state index in [9.17, 15) is 0 Å². The predicted molar refractivity (Wildman–Crippen MR) is 88.3 cm³/mol. The summed E-state index contributed by atoms with van der Waals surface area (Å²) in [4.78, 5) is 2.59. The summed E-state index contributed by atoms with van der Waals surface area (Å²) in [6, 6.07) is 3.03. The molecule has 5 heteroatoms. The van der Waals surface area contributed by atoms with Gasteiger partial charge in [0.05, 0.1) is 3.79 Å². The van der Waals surface area contributed by atoms with E-state index in [1.165, 1.54) is 54.7 Å². The molecule has 0 radical (unpaired) electrons. The summed E-state index contributed by atoms with van der Waals surface area (Å²) < 4.78 is 1.25. The van der Waals surface area contributed by atoms with Gasteiger partial charge in [-0.1, -0.05) is 0 Å². The van der Waals surface area contributed by atoms with Gasteiger partial charge in [-0.15, -0.1) is 23.7 Å². The largest absolute Gasteiger partial charge is 0.314 e. The quantitative estimate of drug-likeness (QED) is 0.851. The van der Waals surface area contributed by atoms with E-state index < -0.39 is 0 Å². The zero-order chi connectivity index (χ0) is 12.4. The Kier molecular flexibility index (Phi) is 6.15. The summed E-state index contributed by atoms with van der Waals surface area (Å²) in [6.45, 7) is 4.88. The number of nitrogens with zero attached hydrogens (tertiary/aromatic N) is 1. The van der Waals surface area contributed by atoms with Gasteiger partial charge in [0, 0.05) is 12.6 Å². The van der Waals surface area contributed by atoms with Gasteiger partial charge in [0.15, 0.2) is 0 Å². The molecule has 1 saturated heterocycles. The first-order chi connectivity index (χ1) is 8.79. The van der Waals surface area contributed by atoms with Gasteiger partial charge in [-0.3, -0.25) is 4.90 Å². The fourth-order valence-electron chi connectivity index (χ4n) is 2.64. The fourth-order valence-corrected chi connectivity index (χ4v) is 3.84. The highest BCUT2D eigenvalue weighted by atomic mass is 79.9. The molecule has 108 valence electrons. The third-order valence-corrected chi connectivity index (χ3v) is 5.56. The molecule has 0 atom stereocenters. The monoisotopic (exact) mass is 364 g/mol. The maximum absolute atomic E-state index is 3.74. The summed E-state index contributed by atoms with van der Waals surface area (Å²) in [5.74, 6) is 1.01. The Labute approximate surface area is 134 Å². The van der Waals surface area contributed by atoms with E-state index in [2.05, 4.69) is 37.6 Å². The van der Waals surface area contributed by atoms with Crippen molar-refractivity contribution in [1.29, 1.82) is 0 Å². The molecular formula is C14H22BrClN2S. The van der Waals surface area contributed by atoms with Crippen molar-refractivity contribution in [1.82, 2.24) is 10.2 Å². The van der Waals surface area contributed by atoms with Crippen LogP contribution in [0.4, 0.5) is 0 Å². The van der Waals surface area contributed by atoms with Crippen molar-refractivity contribution in [3.05, 3.63) is 20.8 Å². The molecule has 2 fully saturated rings. The Morgan fingerprint density at radius 1 is 1.26 bits per heavy atom. The number of piperidine rings is 1. The summed E-state index contributed by atoms with van der Waals surface area (Å²) in [5, 5.41) is 6.01. The standard InChI is InChI=1S/C14H21BrN2S.ClH/c15-14-7-12(10-18-14)9-17-5-3-13(4-6-17)16-8-11-1-2-11;/h7,10-11,13,16H,1-6,8-9H2;1H. The number of hydrogen-bond acceptors (Lipinski definition) is 3. The SMILES string of the molecule is Brc1cc(CN2CCC(NCC3CC3)CC2)cs1.Cl.